The Hall–Kier alpha value is -2.83. The normalized spacial score (nSPS) is 16.6. The lowest BCUT2D eigenvalue weighted by atomic mass is 10.0. The van der Waals surface area contributed by atoms with Crippen LogP contribution in [-0.4, -0.2) is 37.6 Å². The first-order valence-electron chi connectivity index (χ1n) is 13.4. The van der Waals surface area contributed by atoms with Crippen LogP contribution in [-0.2, 0) is 23.0 Å². The van der Waals surface area contributed by atoms with Crippen molar-refractivity contribution < 1.29 is 13.5 Å². The van der Waals surface area contributed by atoms with Gasteiger partial charge in [0.1, 0.15) is 5.75 Å². The minimum atomic E-state index is -3.85. The fraction of sp³-hybridized carbons (Fsp3) is 0.419. The Bertz CT molecular complexity index is 1300. The van der Waals surface area contributed by atoms with Crippen LogP contribution < -0.4 is 4.31 Å². The second-order valence-corrected chi connectivity index (χ2v) is 12.4. The highest BCUT2D eigenvalue weighted by molar-refractivity contribution is 7.92. The molecule has 1 heterocycles. The SMILES string of the molecule is Cc1cc(C)c(S(=O)(=O)N(Cc2cccc(O)c2)c2ccc(CCCN3CCCCC3C)cc2)c(C)c1. The van der Waals surface area contributed by atoms with E-state index in [-0.39, 0.29) is 12.3 Å². The summed E-state index contributed by atoms with van der Waals surface area (Å²) in [6.07, 6.45) is 5.99. The summed E-state index contributed by atoms with van der Waals surface area (Å²) >= 11 is 0. The van der Waals surface area contributed by atoms with Gasteiger partial charge in [-0.25, -0.2) is 8.42 Å². The zero-order valence-electron chi connectivity index (χ0n) is 22.6. The molecule has 3 aromatic carbocycles. The number of aryl methyl sites for hydroxylation is 4. The van der Waals surface area contributed by atoms with Gasteiger partial charge in [-0.3, -0.25) is 4.31 Å². The standard InChI is InChI=1S/C31H40N2O3S/c1-23-19-24(2)31(25(3)20-23)37(35,36)33(22-28-10-7-12-30(34)21-28)29-15-13-27(14-16-29)11-8-18-32-17-6-5-9-26(32)4/h7,10,12-16,19-21,26,34H,5-6,8-9,11,17-18,22H2,1-4H3. The second kappa shape index (κ2) is 11.7. The van der Waals surface area contributed by atoms with E-state index in [2.05, 4.69) is 24.0 Å². The van der Waals surface area contributed by atoms with Crippen LogP contribution >= 0.6 is 0 Å². The van der Waals surface area contributed by atoms with E-state index in [0.717, 1.165) is 41.6 Å². The van der Waals surface area contributed by atoms with Gasteiger partial charge in [0.05, 0.1) is 17.1 Å². The maximum Gasteiger partial charge on any atom is 0.265 e. The van der Waals surface area contributed by atoms with Crippen LogP contribution in [0, 0.1) is 20.8 Å². The lowest BCUT2D eigenvalue weighted by molar-refractivity contribution is 0.159. The number of phenolic OH excluding ortho intramolecular Hbond substituents is 1. The monoisotopic (exact) mass is 520 g/mol. The molecule has 1 aliphatic rings. The summed E-state index contributed by atoms with van der Waals surface area (Å²) in [5, 5.41) is 9.99. The van der Waals surface area contributed by atoms with Crippen molar-refractivity contribution in [1.82, 2.24) is 4.90 Å². The fourth-order valence-corrected chi connectivity index (χ4v) is 7.49. The molecule has 0 aromatic heterocycles. The number of piperidine rings is 1. The smallest absolute Gasteiger partial charge is 0.265 e. The fourth-order valence-electron chi connectivity index (χ4n) is 5.62. The Morgan fingerprint density at radius 3 is 2.30 bits per heavy atom. The molecule has 3 aromatic rings. The molecule has 1 aliphatic heterocycles. The number of anilines is 1. The molecule has 37 heavy (non-hydrogen) atoms. The van der Waals surface area contributed by atoms with Crippen LogP contribution in [0.5, 0.6) is 5.75 Å². The molecule has 0 saturated carbocycles. The van der Waals surface area contributed by atoms with Crippen molar-refractivity contribution in [2.45, 2.75) is 77.3 Å². The average molecular weight is 521 g/mol. The van der Waals surface area contributed by atoms with Gasteiger partial charge in [-0.05, 0) is 113 Å². The molecule has 0 aliphatic carbocycles. The summed E-state index contributed by atoms with van der Waals surface area (Å²) in [6.45, 7) is 10.4. The summed E-state index contributed by atoms with van der Waals surface area (Å²) in [5.41, 5.74) is 5.08. The molecule has 1 N–H and O–H groups in total. The molecule has 1 unspecified atom stereocenters. The molecule has 1 saturated heterocycles. The number of phenols is 1. The Labute approximate surface area is 222 Å². The van der Waals surface area contributed by atoms with Crippen LogP contribution in [0.2, 0.25) is 0 Å². The van der Waals surface area contributed by atoms with E-state index in [0.29, 0.717) is 16.6 Å². The highest BCUT2D eigenvalue weighted by Gasteiger charge is 2.29. The number of hydrogen-bond acceptors (Lipinski definition) is 4. The van der Waals surface area contributed by atoms with Crippen LogP contribution in [0.3, 0.4) is 0 Å². The molecular formula is C31H40N2O3S. The Kier molecular flexibility index (Phi) is 8.60. The predicted molar refractivity (Wildman–Crippen MR) is 152 cm³/mol. The van der Waals surface area contributed by atoms with Gasteiger partial charge in [-0.2, -0.15) is 0 Å². The van der Waals surface area contributed by atoms with Crippen LogP contribution in [0.1, 0.15) is 60.4 Å². The largest absolute Gasteiger partial charge is 0.508 e. The van der Waals surface area contributed by atoms with E-state index in [1.807, 2.05) is 51.1 Å². The molecule has 0 bridgehead atoms. The number of aromatic hydroxyl groups is 1. The van der Waals surface area contributed by atoms with Gasteiger partial charge in [0.2, 0.25) is 0 Å². The number of sulfonamides is 1. The maximum absolute atomic E-state index is 14.1. The number of nitrogens with zero attached hydrogens (tertiary/aromatic N) is 2. The van der Waals surface area contributed by atoms with Crippen LogP contribution in [0.15, 0.2) is 65.6 Å². The number of likely N-dealkylation sites (tertiary alicyclic amines) is 1. The van der Waals surface area contributed by atoms with Crippen LogP contribution in [0.4, 0.5) is 5.69 Å². The number of rotatable bonds is 9. The number of benzene rings is 3. The van der Waals surface area contributed by atoms with Crippen molar-refractivity contribution in [3.8, 4) is 5.75 Å². The molecule has 0 spiro atoms. The van der Waals surface area contributed by atoms with E-state index in [4.69, 9.17) is 0 Å². The van der Waals surface area contributed by atoms with Crippen LogP contribution in [0.25, 0.3) is 0 Å². The summed E-state index contributed by atoms with van der Waals surface area (Å²) in [5.74, 6) is 0.121. The van der Waals surface area contributed by atoms with E-state index >= 15 is 0 Å². The van der Waals surface area contributed by atoms with Gasteiger partial charge in [0.15, 0.2) is 0 Å². The zero-order valence-corrected chi connectivity index (χ0v) is 23.4. The quantitative estimate of drug-likeness (QED) is 0.349. The summed E-state index contributed by atoms with van der Waals surface area (Å²) < 4.78 is 29.7. The third-order valence-corrected chi connectivity index (χ3v) is 9.55. The van der Waals surface area contributed by atoms with Gasteiger partial charge in [-0.15, -0.1) is 0 Å². The van der Waals surface area contributed by atoms with Gasteiger partial charge in [0, 0.05) is 6.04 Å². The Morgan fingerprint density at radius 1 is 0.946 bits per heavy atom. The topological polar surface area (TPSA) is 60.9 Å². The molecule has 6 heteroatoms. The van der Waals surface area contributed by atoms with Gasteiger partial charge >= 0.3 is 0 Å². The van der Waals surface area contributed by atoms with Gasteiger partial charge in [-0.1, -0.05) is 48.4 Å². The van der Waals surface area contributed by atoms with E-state index in [1.165, 1.54) is 35.7 Å². The van der Waals surface area contributed by atoms with E-state index in [9.17, 15) is 13.5 Å². The third-order valence-electron chi connectivity index (χ3n) is 7.47. The molecule has 1 fully saturated rings. The lowest BCUT2D eigenvalue weighted by Gasteiger charge is -2.33. The van der Waals surface area contributed by atoms with Crippen molar-refractivity contribution >= 4 is 15.7 Å². The zero-order chi connectivity index (χ0) is 26.6. The van der Waals surface area contributed by atoms with Gasteiger partial charge in [0.25, 0.3) is 10.0 Å². The molecule has 5 nitrogen and oxygen atoms in total. The minimum Gasteiger partial charge on any atom is -0.508 e. The lowest BCUT2D eigenvalue weighted by Crippen LogP contribution is -2.38. The molecular weight excluding hydrogens is 480 g/mol. The molecule has 198 valence electrons. The van der Waals surface area contributed by atoms with Crippen molar-refractivity contribution in [3.63, 3.8) is 0 Å². The van der Waals surface area contributed by atoms with Gasteiger partial charge < -0.3 is 10.0 Å². The predicted octanol–water partition coefficient (Wildman–Crippen LogP) is 6.52. The van der Waals surface area contributed by atoms with Crippen molar-refractivity contribution in [2.24, 2.45) is 0 Å². The summed E-state index contributed by atoms with van der Waals surface area (Å²) in [4.78, 5) is 2.94. The maximum atomic E-state index is 14.1. The number of hydrogen-bond donors (Lipinski definition) is 1. The first kappa shape index (κ1) is 27.2. The summed E-state index contributed by atoms with van der Waals surface area (Å²) in [7, 11) is -3.85. The summed E-state index contributed by atoms with van der Waals surface area (Å²) in [6, 6.07) is 19.2. The minimum absolute atomic E-state index is 0.121. The van der Waals surface area contributed by atoms with E-state index < -0.39 is 10.0 Å². The highest BCUT2D eigenvalue weighted by atomic mass is 32.2. The Morgan fingerprint density at radius 2 is 1.65 bits per heavy atom. The van der Waals surface area contributed by atoms with Crippen molar-refractivity contribution in [2.75, 3.05) is 17.4 Å². The highest BCUT2D eigenvalue weighted by Crippen LogP contribution is 2.31. The average Bonchev–Trinajstić information content (AvgIpc) is 2.83. The first-order chi connectivity index (χ1) is 17.6. The molecule has 0 radical (unpaired) electrons. The third kappa shape index (κ3) is 6.55. The first-order valence-corrected chi connectivity index (χ1v) is 14.8. The molecule has 4 rings (SSSR count). The van der Waals surface area contributed by atoms with Crippen molar-refractivity contribution in [1.29, 1.82) is 0 Å². The Balaban J connectivity index is 1.59. The molecule has 0 amide bonds. The second-order valence-electron chi connectivity index (χ2n) is 10.6. The van der Waals surface area contributed by atoms with E-state index in [1.54, 1.807) is 18.2 Å². The van der Waals surface area contributed by atoms with Crippen molar-refractivity contribution in [3.05, 3.63) is 88.5 Å². The molecule has 1 atom stereocenters.